The first-order valence-electron chi connectivity index (χ1n) is 12.6. The Balaban J connectivity index is 0.000000328. The van der Waals surface area contributed by atoms with Crippen molar-refractivity contribution in [2.75, 3.05) is 31.2 Å². The van der Waals surface area contributed by atoms with Crippen LogP contribution in [0.5, 0.6) is 0 Å². The first kappa shape index (κ1) is 30.7. The molecule has 198 valence electrons. The number of hydrogen-bond donors (Lipinski definition) is 2. The Hall–Kier alpha value is -3.35. The standard InChI is InChI=1S/C15H27NO2.C12H13N3.C2H4O/c1-6-13-8-7-9-16(11-12(2)10-13)14(17)18-15(3,4)5;1-14-12-8-10(2-3-11(12)13)9-4-6-15-7-5-9;1-2-3/h7-8,12-13H,6,9-11H2,1-5H3;2-8,14H,13H2,1H3;2H,1H3/b8-7-;;. The van der Waals surface area contributed by atoms with Gasteiger partial charge in [-0.15, -0.1) is 0 Å². The highest BCUT2D eigenvalue weighted by Gasteiger charge is 2.24. The van der Waals surface area contributed by atoms with Crippen molar-refractivity contribution >= 4 is 23.8 Å². The Morgan fingerprint density at radius 1 is 1.22 bits per heavy atom. The molecule has 3 N–H and O–H groups in total. The van der Waals surface area contributed by atoms with Gasteiger partial charge in [-0.3, -0.25) is 4.98 Å². The second-order valence-corrected chi connectivity index (χ2v) is 9.85. The van der Waals surface area contributed by atoms with E-state index in [1.165, 1.54) is 13.3 Å². The summed E-state index contributed by atoms with van der Waals surface area (Å²) in [5.41, 5.74) is 9.37. The van der Waals surface area contributed by atoms with Gasteiger partial charge >= 0.3 is 6.09 Å². The van der Waals surface area contributed by atoms with Gasteiger partial charge in [-0.2, -0.15) is 0 Å². The van der Waals surface area contributed by atoms with E-state index in [9.17, 15) is 4.79 Å². The molecule has 36 heavy (non-hydrogen) atoms. The van der Waals surface area contributed by atoms with Crippen LogP contribution in [0.4, 0.5) is 16.2 Å². The van der Waals surface area contributed by atoms with Gasteiger partial charge in [0.1, 0.15) is 11.9 Å². The summed E-state index contributed by atoms with van der Waals surface area (Å²) in [5.74, 6) is 1.17. The predicted octanol–water partition coefficient (Wildman–Crippen LogP) is 6.42. The van der Waals surface area contributed by atoms with Gasteiger partial charge in [0.15, 0.2) is 0 Å². The molecule has 1 aromatic heterocycles. The van der Waals surface area contributed by atoms with E-state index in [-0.39, 0.29) is 6.09 Å². The van der Waals surface area contributed by atoms with E-state index < -0.39 is 5.60 Å². The van der Waals surface area contributed by atoms with Crippen LogP contribution in [0.15, 0.2) is 54.9 Å². The molecule has 0 saturated heterocycles. The molecule has 3 rings (SSSR count). The molecule has 2 heterocycles. The number of carbonyl (C=O) groups excluding carboxylic acids is 2. The highest BCUT2D eigenvalue weighted by atomic mass is 16.6. The van der Waals surface area contributed by atoms with Gasteiger partial charge in [0.25, 0.3) is 0 Å². The lowest BCUT2D eigenvalue weighted by Crippen LogP contribution is -2.40. The van der Waals surface area contributed by atoms with Crippen LogP contribution in [0.2, 0.25) is 0 Å². The number of aromatic nitrogens is 1. The third kappa shape index (κ3) is 11.4. The number of rotatable bonds is 3. The summed E-state index contributed by atoms with van der Waals surface area (Å²) < 4.78 is 5.43. The second-order valence-electron chi connectivity index (χ2n) is 9.85. The van der Waals surface area contributed by atoms with E-state index in [2.05, 4.69) is 36.3 Å². The van der Waals surface area contributed by atoms with Gasteiger partial charge in [-0.25, -0.2) is 4.79 Å². The predicted molar refractivity (Wildman–Crippen MR) is 150 cm³/mol. The summed E-state index contributed by atoms with van der Waals surface area (Å²) in [6, 6.07) is 9.90. The number of nitrogens with zero attached hydrogens (tertiary/aromatic N) is 2. The number of pyridine rings is 1. The maximum atomic E-state index is 12.0. The van der Waals surface area contributed by atoms with Crippen molar-refractivity contribution in [1.29, 1.82) is 0 Å². The van der Waals surface area contributed by atoms with Gasteiger partial charge in [0, 0.05) is 32.5 Å². The molecular weight excluding hydrogens is 452 g/mol. The molecule has 0 radical (unpaired) electrons. The molecule has 1 aliphatic rings. The molecule has 7 nitrogen and oxygen atoms in total. The van der Waals surface area contributed by atoms with Crippen LogP contribution in [0.3, 0.4) is 0 Å². The van der Waals surface area contributed by atoms with Crippen LogP contribution in [0.25, 0.3) is 11.1 Å². The fourth-order valence-electron chi connectivity index (χ4n) is 3.78. The molecule has 1 aliphatic heterocycles. The van der Waals surface area contributed by atoms with Crippen LogP contribution in [0, 0.1) is 11.8 Å². The lowest BCUT2D eigenvalue weighted by molar-refractivity contribution is -0.106. The lowest BCUT2D eigenvalue weighted by Gasteiger charge is -2.30. The molecule has 1 aromatic carbocycles. The van der Waals surface area contributed by atoms with Gasteiger partial charge < -0.3 is 25.5 Å². The number of nitrogens with two attached hydrogens (primary N) is 1. The molecule has 2 unspecified atom stereocenters. The summed E-state index contributed by atoms with van der Waals surface area (Å²) in [4.78, 5) is 26.6. The largest absolute Gasteiger partial charge is 0.444 e. The maximum absolute atomic E-state index is 12.0. The SMILES string of the molecule is CC=O.CCC1/C=C\CN(C(=O)OC(C)(C)C)CC(C)C1.CNc1cc(-c2ccncc2)ccc1N. The third-order valence-corrected chi connectivity index (χ3v) is 5.48. The summed E-state index contributed by atoms with van der Waals surface area (Å²) in [7, 11) is 1.86. The molecule has 0 fully saturated rings. The molecule has 0 bridgehead atoms. The van der Waals surface area contributed by atoms with Crippen molar-refractivity contribution in [3.05, 3.63) is 54.9 Å². The topological polar surface area (TPSA) is 97.5 Å². The summed E-state index contributed by atoms with van der Waals surface area (Å²) in [5, 5.41) is 3.06. The van der Waals surface area contributed by atoms with Crippen molar-refractivity contribution in [3.8, 4) is 11.1 Å². The first-order valence-corrected chi connectivity index (χ1v) is 12.6. The molecule has 0 spiro atoms. The highest BCUT2D eigenvalue weighted by Crippen LogP contribution is 2.26. The summed E-state index contributed by atoms with van der Waals surface area (Å²) >= 11 is 0. The minimum Gasteiger partial charge on any atom is -0.444 e. The van der Waals surface area contributed by atoms with E-state index in [1.807, 2.05) is 58.2 Å². The van der Waals surface area contributed by atoms with Crippen LogP contribution < -0.4 is 11.1 Å². The van der Waals surface area contributed by atoms with Crippen molar-refractivity contribution < 1.29 is 14.3 Å². The fraction of sp³-hybridized carbons (Fsp3) is 0.483. The normalized spacial score (nSPS) is 18.1. The van der Waals surface area contributed by atoms with E-state index in [1.54, 1.807) is 17.3 Å². The molecular formula is C29H44N4O3. The number of allylic oxidation sites excluding steroid dienone is 1. The number of anilines is 2. The maximum Gasteiger partial charge on any atom is 0.410 e. The highest BCUT2D eigenvalue weighted by molar-refractivity contribution is 5.75. The van der Waals surface area contributed by atoms with Crippen molar-refractivity contribution in [1.82, 2.24) is 9.88 Å². The fourth-order valence-corrected chi connectivity index (χ4v) is 3.78. The number of nitrogen functional groups attached to an aromatic ring is 1. The molecule has 7 heteroatoms. The van der Waals surface area contributed by atoms with Crippen molar-refractivity contribution in [3.63, 3.8) is 0 Å². The Morgan fingerprint density at radius 2 is 1.86 bits per heavy atom. The zero-order valence-corrected chi connectivity index (χ0v) is 23.0. The number of hydrogen-bond acceptors (Lipinski definition) is 6. The van der Waals surface area contributed by atoms with Crippen LogP contribution in [0.1, 0.15) is 54.4 Å². The molecule has 0 aliphatic carbocycles. The number of nitrogens with one attached hydrogen (secondary N) is 1. The Kier molecular flexibility index (Phi) is 13.3. The quantitative estimate of drug-likeness (QED) is 0.289. The minimum atomic E-state index is -0.418. The van der Waals surface area contributed by atoms with Gasteiger partial charge in [-0.05, 0) is 87.8 Å². The summed E-state index contributed by atoms with van der Waals surface area (Å²) in [6.45, 7) is 13.0. The zero-order valence-electron chi connectivity index (χ0n) is 23.0. The average molecular weight is 497 g/mol. The number of ether oxygens (including phenoxy) is 1. The van der Waals surface area contributed by atoms with E-state index in [0.717, 1.165) is 41.8 Å². The van der Waals surface area contributed by atoms with Crippen LogP contribution >= 0.6 is 0 Å². The number of carbonyl (C=O) groups is 2. The first-order chi connectivity index (χ1) is 17.0. The summed E-state index contributed by atoms with van der Waals surface area (Å²) in [6.07, 6.45) is 10.8. The molecule has 0 saturated carbocycles. The van der Waals surface area contributed by atoms with Crippen LogP contribution in [-0.2, 0) is 9.53 Å². The Labute approximate surface area is 217 Å². The van der Waals surface area contributed by atoms with Gasteiger partial charge in [0.05, 0.1) is 11.4 Å². The number of amides is 1. The third-order valence-electron chi connectivity index (χ3n) is 5.48. The Morgan fingerprint density at radius 3 is 2.42 bits per heavy atom. The lowest BCUT2D eigenvalue weighted by atomic mass is 9.92. The van der Waals surface area contributed by atoms with Gasteiger partial charge in [-0.1, -0.05) is 32.1 Å². The van der Waals surface area contributed by atoms with Crippen LogP contribution in [-0.4, -0.2) is 48.0 Å². The molecule has 2 aromatic rings. The Bertz CT molecular complexity index is 955. The van der Waals surface area contributed by atoms with E-state index in [0.29, 0.717) is 18.4 Å². The average Bonchev–Trinajstić information content (AvgIpc) is 2.82. The second kappa shape index (κ2) is 15.6. The monoisotopic (exact) mass is 496 g/mol. The molecule has 1 amide bonds. The van der Waals surface area contributed by atoms with E-state index >= 15 is 0 Å². The smallest absolute Gasteiger partial charge is 0.410 e. The zero-order chi connectivity index (χ0) is 27.1. The van der Waals surface area contributed by atoms with Gasteiger partial charge in [0.2, 0.25) is 0 Å². The molecule has 2 atom stereocenters. The number of benzene rings is 1. The number of aldehydes is 1. The van der Waals surface area contributed by atoms with Crippen molar-refractivity contribution in [2.45, 2.75) is 60.0 Å². The van der Waals surface area contributed by atoms with E-state index in [4.69, 9.17) is 15.3 Å². The van der Waals surface area contributed by atoms with Crippen molar-refractivity contribution in [2.24, 2.45) is 11.8 Å². The minimum absolute atomic E-state index is 0.200.